The summed E-state index contributed by atoms with van der Waals surface area (Å²) in [7, 11) is 0. The molecule has 0 aromatic carbocycles. The van der Waals surface area contributed by atoms with Gasteiger partial charge in [-0.15, -0.1) is 0 Å². The number of amides is 1. The van der Waals surface area contributed by atoms with Crippen molar-refractivity contribution in [3.63, 3.8) is 0 Å². The van der Waals surface area contributed by atoms with Crippen LogP contribution in [0.2, 0.25) is 0 Å². The van der Waals surface area contributed by atoms with Crippen LogP contribution in [0.5, 0.6) is 0 Å². The number of rotatable bonds is 8. The van der Waals surface area contributed by atoms with Crippen molar-refractivity contribution in [2.45, 2.75) is 26.8 Å². The van der Waals surface area contributed by atoms with E-state index in [1.54, 1.807) is 28.4 Å². The van der Waals surface area contributed by atoms with Crippen LogP contribution in [0, 0.1) is 6.92 Å². The third kappa shape index (κ3) is 4.26. The normalized spacial score (nSPS) is 12.3. The molecule has 0 saturated carbocycles. The zero-order valence-corrected chi connectivity index (χ0v) is 16.7. The molecule has 1 N–H and O–H groups in total. The molecule has 3 aromatic rings. The molecule has 0 fully saturated rings. The van der Waals surface area contributed by atoms with Gasteiger partial charge in [-0.25, -0.2) is 9.67 Å². The summed E-state index contributed by atoms with van der Waals surface area (Å²) in [5.41, 5.74) is 2.59. The molecule has 0 saturated heterocycles. The second-order valence-corrected chi connectivity index (χ2v) is 7.03. The van der Waals surface area contributed by atoms with Gasteiger partial charge in [-0.1, -0.05) is 19.9 Å². The van der Waals surface area contributed by atoms with Gasteiger partial charge in [0.05, 0.1) is 23.5 Å². The van der Waals surface area contributed by atoms with E-state index in [1.165, 1.54) is 5.56 Å². The molecule has 27 heavy (non-hydrogen) atoms. The largest absolute Gasteiger partial charge is 0.350 e. The molecule has 3 heterocycles. The minimum absolute atomic E-state index is 0.109. The lowest BCUT2D eigenvalue weighted by Gasteiger charge is -2.29. The Morgan fingerprint density at radius 1 is 1.30 bits per heavy atom. The molecule has 142 valence electrons. The minimum atomic E-state index is -0.109. The Hall–Kier alpha value is -2.51. The third-order valence-corrected chi connectivity index (χ3v) is 5.46. The van der Waals surface area contributed by atoms with Crippen molar-refractivity contribution in [3.8, 4) is 5.82 Å². The quantitative estimate of drug-likeness (QED) is 0.647. The van der Waals surface area contributed by atoms with Crippen LogP contribution in [0.1, 0.15) is 41.5 Å². The van der Waals surface area contributed by atoms with Crippen LogP contribution in [-0.2, 0) is 0 Å². The van der Waals surface area contributed by atoms with Gasteiger partial charge in [0.25, 0.3) is 5.91 Å². The average molecular weight is 384 g/mol. The standard InChI is InChI=1S/C20H25N5OS/c1-4-24(5-2)18(16-9-11-27-14-16)13-22-20(26)17-12-23-25(15(17)3)19-8-6-7-10-21-19/h6-12,14,18H,4-5,13H2,1-3H3,(H,22,26). The Morgan fingerprint density at radius 2 is 2.11 bits per heavy atom. The molecule has 0 bridgehead atoms. The molecule has 0 spiro atoms. The van der Waals surface area contributed by atoms with Crippen molar-refractivity contribution in [2.24, 2.45) is 0 Å². The molecule has 0 aliphatic heterocycles. The van der Waals surface area contributed by atoms with Crippen molar-refractivity contribution in [1.82, 2.24) is 25.0 Å². The van der Waals surface area contributed by atoms with Gasteiger partial charge in [0, 0.05) is 12.7 Å². The number of nitrogens with zero attached hydrogens (tertiary/aromatic N) is 4. The van der Waals surface area contributed by atoms with E-state index in [-0.39, 0.29) is 11.9 Å². The van der Waals surface area contributed by atoms with E-state index in [0.29, 0.717) is 17.9 Å². The lowest BCUT2D eigenvalue weighted by Crippen LogP contribution is -2.38. The lowest BCUT2D eigenvalue weighted by atomic mass is 10.1. The minimum Gasteiger partial charge on any atom is -0.350 e. The summed E-state index contributed by atoms with van der Waals surface area (Å²) in [6, 6.07) is 7.92. The smallest absolute Gasteiger partial charge is 0.254 e. The van der Waals surface area contributed by atoms with Gasteiger partial charge in [-0.05, 0) is 54.5 Å². The number of pyridine rings is 1. The molecule has 0 radical (unpaired) electrons. The molecule has 3 rings (SSSR count). The third-order valence-electron chi connectivity index (χ3n) is 4.76. The van der Waals surface area contributed by atoms with E-state index < -0.39 is 0 Å². The number of likely N-dealkylation sites (N-methyl/N-ethyl adjacent to an activating group) is 1. The highest BCUT2D eigenvalue weighted by Gasteiger charge is 2.21. The van der Waals surface area contributed by atoms with Crippen LogP contribution in [0.4, 0.5) is 0 Å². The highest BCUT2D eigenvalue weighted by Crippen LogP contribution is 2.22. The van der Waals surface area contributed by atoms with Crippen molar-refractivity contribution >= 4 is 17.2 Å². The van der Waals surface area contributed by atoms with E-state index >= 15 is 0 Å². The van der Waals surface area contributed by atoms with E-state index in [1.807, 2.05) is 25.1 Å². The van der Waals surface area contributed by atoms with Crippen molar-refractivity contribution in [3.05, 3.63) is 64.2 Å². The molecule has 0 aliphatic carbocycles. The van der Waals surface area contributed by atoms with E-state index in [2.05, 4.69) is 51.0 Å². The van der Waals surface area contributed by atoms with Crippen LogP contribution < -0.4 is 5.32 Å². The highest BCUT2D eigenvalue weighted by atomic mass is 32.1. The molecular weight excluding hydrogens is 358 g/mol. The average Bonchev–Trinajstić information content (AvgIpc) is 3.35. The first-order chi connectivity index (χ1) is 13.2. The van der Waals surface area contributed by atoms with Crippen molar-refractivity contribution < 1.29 is 4.79 Å². The summed E-state index contributed by atoms with van der Waals surface area (Å²) in [4.78, 5) is 19.4. The summed E-state index contributed by atoms with van der Waals surface area (Å²) >= 11 is 1.68. The van der Waals surface area contributed by atoms with E-state index in [9.17, 15) is 4.79 Å². The van der Waals surface area contributed by atoms with E-state index in [0.717, 1.165) is 18.8 Å². The zero-order chi connectivity index (χ0) is 19.2. The van der Waals surface area contributed by atoms with E-state index in [4.69, 9.17) is 0 Å². The summed E-state index contributed by atoms with van der Waals surface area (Å²) < 4.78 is 1.69. The molecule has 1 amide bonds. The molecule has 7 heteroatoms. The number of hydrogen-bond acceptors (Lipinski definition) is 5. The first kappa shape index (κ1) is 19.3. The predicted molar refractivity (Wildman–Crippen MR) is 108 cm³/mol. The summed E-state index contributed by atoms with van der Waals surface area (Å²) in [6.07, 6.45) is 3.32. The summed E-state index contributed by atoms with van der Waals surface area (Å²) in [5, 5.41) is 11.7. The molecule has 1 atom stereocenters. The molecular formula is C20H25N5OS. The van der Waals surface area contributed by atoms with Gasteiger partial charge >= 0.3 is 0 Å². The molecule has 3 aromatic heterocycles. The maximum atomic E-state index is 12.8. The lowest BCUT2D eigenvalue weighted by molar-refractivity contribution is 0.0934. The Morgan fingerprint density at radius 3 is 2.74 bits per heavy atom. The van der Waals surface area contributed by atoms with Gasteiger partial charge in [-0.3, -0.25) is 9.69 Å². The Labute approximate surface area is 163 Å². The van der Waals surface area contributed by atoms with Gasteiger partial charge < -0.3 is 5.32 Å². The van der Waals surface area contributed by atoms with Gasteiger partial charge in [0.2, 0.25) is 0 Å². The van der Waals surface area contributed by atoms with Crippen LogP contribution in [0.15, 0.2) is 47.4 Å². The van der Waals surface area contributed by atoms with Gasteiger partial charge in [0.1, 0.15) is 0 Å². The van der Waals surface area contributed by atoms with Crippen molar-refractivity contribution in [1.29, 1.82) is 0 Å². The van der Waals surface area contributed by atoms with Gasteiger partial charge in [0.15, 0.2) is 5.82 Å². The predicted octanol–water partition coefficient (Wildman–Crippen LogP) is 3.45. The fourth-order valence-corrected chi connectivity index (χ4v) is 3.92. The first-order valence-corrected chi connectivity index (χ1v) is 10.1. The number of carbonyl (C=O) groups excluding carboxylic acids is 1. The van der Waals surface area contributed by atoms with Crippen LogP contribution in [0.25, 0.3) is 5.82 Å². The van der Waals surface area contributed by atoms with Crippen LogP contribution in [-0.4, -0.2) is 45.2 Å². The number of thiophene rings is 1. The zero-order valence-electron chi connectivity index (χ0n) is 15.9. The SMILES string of the molecule is CCN(CC)C(CNC(=O)c1cnn(-c2ccccn2)c1C)c1ccsc1. The summed E-state index contributed by atoms with van der Waals surface area (Å²) in [6.45, 7) is 8.60. The maximum absolute atomic E-state index is 12.8. The second-order valence-electron chi connectivity index (χ2n) is 6.25. The molecule has 0 aliphatic rings. The molecule has 6 nitrogen and oxygen atoms in total. The number of aromatic nitrogens is 3. The van der Waals surface area contributed by atoms with Gasteiger partial charge in [-0.2, -0.15) is 16.4 Å². The maximum Gasteiger partial charge on any atom is 0.254 e. The monoisotopic (exact) mass is 383 g/mol. The van der Waals surface area contributed by atoms with Crippen LogP contribution in [0.3, 0.4) is 0 Å². The Balaban J connectivity index is 1.74. The number of hydrogen-bond donors (Lipinski definition) is 1. The second kappa shape index (κ2) is 8.92. The Bertz CT molecular complexity index is 856. The topological polar surface area (TPSA) is 63.1 Å². The fraction of sp³-hybridized carbons (Fsp3) is 0.350. The number of nitrogens with one attached hydrogen (secondary N) is 1. The molecule has 1 unspecified atom stereocenters. The number of carbonyl (C=O) groups is 1. The highest BCUT2D eigenvalue weighted by molar-refractivity contribution is 7.07. The van der Waals surface area contributed by atoms with Crippen LogP contribution >= 0.6 is 11.3 Å². The fourth-order valence-electron chi connectivity index (χ4n) is 3.21. The Kier molecular flexibility index (Phi) is 6.36. The first-order valence-electron chi connectivity index (χ1n) is 9.16. The van der Waals surface area contributed by atoms with Crippen molar-refractivity contribution in [2.75, 3.05) is 19.6 Å². The summed E-state index contributed by atoms with van der Waals surface area (Å²) in [5.74, 6) is 0.593.